The molecular weight excluding hydrogens is 244 g/mol. The molecule has 3 heterocycles. The summed E-state index contributed by atoms with van der Waals surface area (Å²) >= 11 is 1.77. The zero-order valence-corrected chi connectivity index (χ0v) is 11.3. The highest BCUT2D eigenvalue weighted by atomic mass is 32.1. The van der Waals surface area contributed by atoms with Crippen LogP contribution in [0.25, 0.3) is 10.2 Å². The SMILES string of the molecule is CN1CCc2c(sc3ncn(C4CC4)c(=N)c23)C1. The zero-order chi connectivity index (χ0) is 12.3. The van der Waals surface area contributed by atoms with E-state index < -0.39 is 0 Å². The summed E-state index contributed by atoms with van der Waals surface area (Å²) in [6.07, 6.45) is 5.35. The van der Waals surface area contributed by atoms with E-state index in [-0.39, 0.29) is 0 Å². The smallest absolute Gasteiger partial charge is 0.136 e. The average Bonchev–Trinajstić information content (AvgIpc) is 3.10. The molecule has 2 aromatic rings. The molecular formula is C13H16N4S. The Morgan fingerprint density at radius 2 is 2.28 bits per heavy atom. The van der Waals surface area contributed by atoms with Crippen LogP contribution in [0.4, 0.5) is 0 Å². The van der Waals surface area contributed by atoms with Gasteiger partial charge in [0.15, 0.2) is 0 Å². The van der Waals surface area contributed by atoms with Crippen molar-refractivity contribution in [3.8, 4) is 0 Å². The second kappa shape index (κ2) is 3.65. The summed E-state index contributed by atoms with van der Waals surface area (Å²) in [6.45, 7) is 2.11. The van der Waals surface area contributed by atoms with Gasteiger partial charge in [-0.2, -0.15) is 0 Å². The molecule has 0 unspecified atom stereocenters. The first kappa shape index (κ1) is 10.7. The Morgan fingerprint density at radius 1 is 1.44 bits per heavy atom. The fraction of sp³-hybridized carbons (Fsp3) is 0.538. The molecule has 18 heavy (non-hydrogen) atoms. The predicted octanol–water partition coefficient (Wildman–Crippen LogP) is 1.90. The molecule has 1 aliphatic carbocycles. The molecule has 5 heteroatoms. The van der Waals surface area contributed by atoms with E-state index >= 15 is 0 Å². The first-order chi connectivity index (χ1) is 8.74. The Labute approximate surface area is 109 Å². The Morgan fingerprint density at radius 3 is 3.06 bits per heavy atom. The number of aromatic nitrogens is 2. The molecule has 1 N–H and O–H groups in total. The largest absolute Gasteiger partial charge is 0.314 e. The molecule has 1 aliphatic heterocycles. The van der Waals surface area contributed by atoms with Crippen molar-refractivity contribution in [2.75, 3.05) is 13.6 Å². The molecule has 0 aromatic carbocycles. The lowest BCUT2D eigenvalue weighted by Gasteiger charge is -2.21. The second-order valence-corrected chi connectivity index (χ2v) is 6.49. The predicted molar refractivity (Wildman–Crippen MR) is 71.8 cm³/mol. The molecule has 0 radical (unpaired) electrons. The number of fused-ring (bicyclic) bond motifs is 3. The molecule has 0 saturated heterocycles. The third-order valence-corrected chi connectivity index (χ3v) is 5.09. The van der Waals surface area contributed by atoms with E-state index in [0.29, 0.717) is 11.5 Å². The summed E-state index contributed by atoms with van der Waals surface area (Å²) in [5.41, 5.74) is 2.07. The normalized spacial score (nSPS) is 20.3. The topological polar surface area (TPSA) is 44.9 Å². The van der Waals surface area contributed by atoms with E-state index in [4.69, 9.17) is 5.41 Å². The molecule has 0 bridgehead atoms. The van der Waals surface area contributed by atoms with Crippen LogP contribution in [-0.2, 0) is 13.0 Å². The standard InChI is InChI=1S/C13H16N4S/c1-16-5-4-9-10(6-16)18-13-11(9)12(14)17(7-15-13)8-2-3-8/h7-8,14H,2-6H2,1H3. The van der Waals surface area contributed by atoms with Crippen LogP contribution in [0.2, 0.25) is 0 Å². The lowest BCUT2D eigenvalue weighted by molar-refractivity contribution is 0.318. The van der Waals surface area contributed by atoms with Crippen molar-refractivity contribution < 1.29 is 0 Å². The number of hydrogen-bond acceptors (Lipinski definition) is 4. The number of nitrogens with zero attached hydrogens (tertiary/aromatic N) is 3. The summed E-state index contributed by atoms with van der Waals surface area (Å²) in [5.74, 6) is 0. The highest BCUT2D eigenvalue weighted by molar-refractivity contribution is 7.18. The summed E-state index contributed by atoms with van der Waals surface area (Å²) in [6, 6.07) is 0.538. The summed E-state index contributed by atoms with van der Waals surface area (Å²) in [5, 5.41) is 9.56. The van der Waals surface area contributed by atoms with Crippen LogP contribution in [0, 0.1) is 5.41 Å². The van der Waals surface area contributed by atoms with Gasteiger partial charge in [0, 0.05) is 24.0 Å². The van der Waals surface area contributed by atoms with Gasteiger partial charge in [-0.25, -0.2) is 4.98 Å². The summed E-state index contributed by atoms with van der Waals surface area (Å²) in [4.78, 5) is 9.38. The molecule has 4 nitrogen and oxygen atoms in total. The maximum atomic E-state index is 8.43. The highest BCUT2D eigenvalue weighted by Crippen LogP contribution is 2.35. The number of likely N-dealkylation sites (N-methyl/N-ethyl adjacent to an activating group) is 1. The fourth-order valence-electron chi connectivity index (χ4n) is 2.78. The molecule has 0 amide bonds. The van der Waals surface area contributed by atoms with Gasteiger partial charge in [0.25, 0.3) is 0 Å². The van der Waals surface area contributed by atoms with E-state index in [1.807, 2.05) is 6.33 Å². The molecule has 0 atom stereocenters. The van der Waals surface area contributed by atoms with Crippen LogP contribution in [0.15, 0.2) is 6.33 Å². The minimum atomic E-state index is 0.538. The van der Waals surface area contributed by atoms with Crippen LogP contribution in [0.3, 0.4) is 0 Å². The van der Waals surface area contributed by atoms with E-state index in [0.717, 1.165) is 29.7 Å². The lowest BCUT2D eigenvalue weighted by Crippen LogP contribution is -2.26. The first-order valence-corrected chi connectivity index (χ1v) is 7.30. The van der Waals surface area contributed by atoms with E-state index in [1.54, 1.807) is 11.3 Å². The van der Waals surface area contributed by atoms with Gasteiger partial charge in [-0.3, -0.25) is 5.41 Å². The van der Waals surface area contributed by atoms with Gasteiger partial charge in [0.05, 0.1) is 11.7 Å². The Kier molecular flexibility index (Phi) is 2.17. The minimum Gasteiger partial charge on any atom is -0.314 e. The quantitative estimate of drug-likeness (QED) is 0.851. The molecule has 1 fully saturated rings. The molecule has 0 spiro atoms. The van der Waals surface area contributed by atoms with Gasteiger partial charge in [-0.15, -0.1) is 11.3 Å². The Hall–Kier alpha value is -1.20. The van der Waals surface area contributed by atoms with Crippen molar-refractivity contribution in [1.82, 2.24) is 14.5 Å². The second-order valence-electron chi connectivity index (χ2n) is 5.40. The summed E-state index contributed by atoms with van der Waals surface area (Å²) < 4.78 is 2.06. The van der Waals surface area contributed by atoms with Crippen LogP contribution in [0.5, 0.6) is 0 Å². The van der Waals surface area contributed by atoms with E-state index in [2.05, 4.69) is 21.5 Å². The third kappa shape index (κ3) is 1.47. The molecule has 1 saturated carbocycles. The van der Waals surface area contributed by atoms with Crippen LogP contribution >= 0.6 is 11.3 Å². The maximum absolute atomic E-state index is 8.43. The number of rotatable bonds is 1. The molecule has 94 valence electrons. The zero-order valence-electron chi connectivity index (χ0n) is 10.4. The van der Waals surface area contributed by atoms with Gasteiger partial charge in [-0.1, -0.05) is 0 Å². The first-order valence-electron chi connectivity index (χ1n) is 6.48. The van der Waals surface area contributed by atoms with Crippen molar-refractivity contribution >= 4 is 21.6 Å². The van der Waals surface area contributed by atoms with Gasteiger partial charge in [0.1, 0.15) is 10.3 Å². The summed E-state index contributed by atoms with van der Waals surface area (Å²) in [7, 11) is 2.16. The van der Waals surface area contributed by atoms with Gasteiger partial charge >= 0.3 is 0 Å². The number of thiophene rings is 1. The van der Waals surface area contributed by atoms with Crippen molar-refractivity contribution in [2.45, 2.75) is 31.8 Å². The molecule has 2 aromatic heterocycles. The number of nitrogens with one attached hydrogen (secondary N) is 1. The van der Waals surface area contributed by atoms with Crippen molar-refractivity contribution in [1.29, 1.82) is 5.41 Å². The minimum absolute atomic E-state index is 0.538. The van der Waals surface area contributed by atoms with E-state index in [9.17, 15) is 0 Å². The Balaban J connectivity index is 1.98. The molecule has 2 aliphatic rings. The highest BCUT2D eigenvalue weighted by Gasteiger charge is 2.26. The third-order valence-electron chi connectivity index (χ3n) is 3.96. The van der Waals surface area contributed by atoms with Crippen LogP contribution < -0.4 is 5.49 Å². The van der Waals surface area contributed by atoms with Crippen LogP contribution in [0.1, 0.15) is 29.3 Å². The van der Waals surface area contributed by atoms with Gasteiger partial charge < -0.3 is 9.47 Å². The van der Waals surface area contributed by atoms with Crippen molar-refractivity contribution in [3.05, 3.63) is 22.3 Å². The monoisotopic (exact) mass is 260 g/mol. The van der Waals surface area contributed by atoms with Crippen LogP contribution in [-0.4, -0.2) is 28.0 Å². The lowest BCUT2D eigenvalue weighted by atomic mass is 10.1. The Bertz CT molecular complexity index is 680. The van der Waals surface area contributed by atoms with Gasteiger partial charge in [-0.05, 0) is 31.9 Å². The fourth-order valence-corrected chi connectivity index (χ4v) is 4.05. The van der Waals surface area contributed by atoms with Crippen molar-refractivity contribution in [2.24, 2.45) is 0 Å². The van der Waals surface area contributed by atoms with Crippen molar-refractivity contribution in [3.63, 3.8) is 0 Å². The molecule has 4 rings (SSSR count). The van der Waals surface area contributed by atoms with Gasteiger partial charge in [0.2, 0.25) is 0 Å². The average molecular weight is 260 g/mol. The maximum Gasteiger partial charge on any atom is 0.136 e. The van der Waals surface area contributed by atoms with E-state index in [1.165, 1.54) is 23.3 Å². The number of hydrogen-bond donors (Lipinski definition) is 1.